The van der Waals surface area contributed by atoms with Gasteiger partial charge in [0, 0.05) is 31.6 Å². The van der Waals surface area contributed by atoms with Gasteiger partial charge in [0.25, 0.3) is 0 Å². The average molecular weight is 443 g/mol. The zero-order valence-corrected chi connectivity index (χ0v) is 19.8. The lowest BCUT2D eigenvalue weighted by Crippen LogP contribution is -2.40. The van der Waals surface area contributed by atoms with Gasteiger partial charge in [-0.3, -0.25) is 14.7 Å². The van der Waals surface area contributed by atoms with E-state index in [0.717, 1.165) is 84.0 Å². The van der Waals surface area contributed by atoms with Gasteiger partial charge in [0.1, 0.15) is 0 Å². The molecule has 0 aromatic heterocycles. The van der Waals surface area contributed by atoms with Crippen molar-refractivity contribution in [2.45, 2.75) is 58.0 Å². The van der Waals surface area contributed by atoms with E-state index in [4.69, 9.17) is 10.7 Å². The van der Waals surface area contributed by atoms with Crippen LogP contribution in [-0.2, 0) is 11.3 Å². The summed E-state index contributed by atoms with van der Waals surface area (Å²) in [4.78, 5) is 21.2. The summed E-state index contributed by atoms with van der Waals surface area (Å²) in [6, 6.07) is 11.3. The van der Waals surface area contributed by atoms with Crippen molar-refractivity contribution in [1.82, 2.24) is 20.4 Å². The first-order valence-corrected chi connectivity index (χ1v) is 12.5. The SMILES string of the molecule is CCNC(=NCC1CCCN1Cc1ccccc1)NCCCCN1CCC(C(N)=O)CC1. The van der Waals surface area contributed by atoms with Crippen LogP contribution in [0.1, 0.15) is 51.0 Å². The number of piperidine rings is 1. The summed E-state index contributed by atoms with van der Waals surface area (Å²) < 4.78 is 0. The van der Waals surface area contributed by atoms with Gasteiger partial charge in [-0.15, -0.1) is 0 Å². The van der Waals surface area contributed by atoms with E-state index < -0.39 is 0 Å². The Morgan fingerprint density at radius 1 is 1.09 bits per heavy atom. The predicted molar refractivity (Wildman–Crippen MR) is 131 cm³/mol. The summed E-state index contributed by atoms with van der Waals surface area (Å²) in [6.07, 6.45) is 6.57. The Bertz CT molecular complexity index is 702. The first-order chi connectivity index (χ1) is 15.7. The number of carbonyl (C=O) groups is 1. The monoisotopic (exact) mass is 442 g/mol. The Labute approximate surface area is 193 Å². The minimum atomic E-state index is -0.134. The van der Waals surface area contributed by atoms with Crippen molar-refractivity contribution in [2.24, 2.45) is 16.6 Å². The molecule has 2 heterocycles. The molecule has 2 saturated heterocycles. The fourth-order valence-electron chi connectivity index (χ4n) is 4.77. The van der Waals surface area contributed by atoms with Crippen molar-refractivity contribution in [3.05, 3.63) is 35.9 Å². The molecule has 7 heteroatoms. The predicted octanol–water partition coefficient (Wildman–Crippen LogP) is 2.18. The molecule has 0 spiro atoms. The largest absolute Gasteiger partial charge is 0.369 e. The second-order valence-electron chi connectivity index (χ2n) is 9.12. The Morgan fingerprint density at radius 2 is 1.88 bits per heavy atom. The molecule has 2 aliphatic rings. The quantitative estimate of drug-likeness (QED) is 0.278. The van der Waals surface area contributed by atoms with Gasteiger partial charge in [-0.05, 0) is 77.2 Å². The molecule has 0 bridgehead atoms. The molecule has 1 atom stereocenters. The molecule has 2 aliphatic heterocycles. The van der Waals surface area contributed by atoms with Crippen molar-refractivity contribution in [3.8, 4) is 0 Å². The molecule has 0 radical (unpaired) electrons. The van der Waals surface area contributed by atoms with Gasteiger partial charge in [0.2, 0.25) is 5.91 Å². The van der Waals surface area contributed by atoms with E-state index in [0.29, 0.717) is 6.04 Å². The number of hydrogen-bond acceptors (Lipinski definition) is 4. The molecular formula is C25H42N6O. The molecule has 2 fully saturated rings. The summed E-state index contributed by atoms with van der Waals surface area (Å²) in [5, 5.41) is 6.90. The minimum Gasteiger partial charge on any atom is -0.369 e. The van der Waals surface area contributed by atoms with Crippen LogP contribution < -0.4 is 16.4 Å². The smallest absolute Gasteiger partial charge is 0.220 e. The number of nitrogens with one attached hydrogen (secondary N) is 2. The van der Waals surface area contributed by atoms with Gasteiger partial charge < -0.3 is 21.3 Å². The van der Waals surface area contributed by atoms with Gasteiger partial charge in [-0.2, -0.15) is 0 Å². The lowest BCUT2D eigenvalue weighted by Gasteiger charge is -2.30. The van der Waals surface area contributed by atoms with Crippen molar-refractivity contribution >= 4 is 11.9 Å². The first-order valence-electron chi connectivity index (χ1n) is 12.5. The third-order valence-corrected chi connectivity index (χ3v) is 6.72. The molecule has 1 aromatic carbocycles. The number of rotatable bonds is 11. The molecule has 0 saturated carbocycles. The Morgan fingerprint density at radius 3 is 2.59 bits per heavy atom. The third kappa shape index (κ3) is 8.10. The minimum absolute atomic E-state index is 0.0790. The molecule has 3 rings (SSSR count). The van der Waals surface area contributed by atoms with Crippen LogP contribution in [0.2, 0.25) is 0 Å². The maximum absolute atomic E-state index is 11.3. The van der Waals surface area contributed by atoms with E-state index >= 15 is 0 Å². The molecule has 32 heavy (non-hydrogen) atoms. The number of carbonyl (C=O) groups excluding carboxylic acids is 1. The lowest BCUT2D eigenvalue weighted by molar-refractivity contribution is -0.123. The fraction of sp³-hybridized carbons (Fsp3) is 0.680. The number of nitrogens with two attached hydrogens (primary N) is 1. The number of benzene rings is 1. The molecule has 7 nitrogen and oxygen atoms in total. The third-order valence-electron chi connectivity index (χ3n) is 6.72. The molecule has 0 aliphatic carbocycles. The number of hydrogen-bond donors (Lipinski definition) is 3. The zero-order chi connectivity index (χ0) is 22.6. The Kier molecular flexibility index (Phi) is 10.3. The molecule has 1 amide bonds. The van der Waals surface area contributed by atoms with Gasteiger partial charge in [-0.25, -0.2) is 0 Å². The maximum Gasteiger partial charge on any atom is 0.220 e. The van der Waals surface area contributed by atoms with Crippen LogP contribution in [0.15, 0.2) is 35.3 Å². The standard InChI is InChI=1S/C25H42N6O/c1-2-27-25(28-14-6-7-15-30-17-12-22(13-18-30)24(26)32)29-19-23-11-8-16-31(23)20-21-9-4-3-5-10-21/h3-5,9-10,22-23H,2,6-8,11-20H2,1H3,(H2,26,32)(H2,27,28,29). The van der Waals surface area contributed by atoms with Crippen molar-refractivity contribution in [1.29, 1.82) is 0 Å². The van der Waals surface area contributed by atoms with E-state index in [1.807, 2.05) is 0 Å². The molecular weight excluding hydrogens is 400 g/mol. The van der Waals surface area contributed by atoms with Crippen LogP contribution >= 0.6 is 0 Å². The van der Waals surface area contributed by atoms with Crippen molar-refractivity contribution < 1.29 is 4.79 Å². The Balaban J connectivity index is 1.35. The number of unbranched alkanes of at least 4 members (excludes halogenated alkanes) is 1. The van der Waals surface area contributed by atoms with Crippen molar-refractivity contribution in [3.63, 3.8) is 0 Å². The van der Waals surface area contributed by atoms with E-state index in [2.05, 4.69) is 57.7 Å². The van der Waals surface area contributed by atoms with Gasteiger partial charge in [-0.1, -0.05) is 30.3 Å². The summed E-state index contributed by atoms with van der Waals surface area (Å²) in [5.41, 5.74) is 6.81. The number of likely N-dealkylation sites (tertiary alicyclic amines) is 2. The van der Waals surface area contributed by atoms with Gasteiger partial charge in [0.15, 0.2) is 5.96 Å². The lowest BCUT2D eigenvalue weighted by atomic mass is 9.96. The zero-order valence-electron chi connectivity index (χ0n) is 19.8. The number of guanidine groups is 1. The van der Waals surface area contributed by atoms with Crippen LogP contribution in [0, 0.1) is 5.92 Å². The molecule has 178 valence electrons. The normalized spacial score (nSPS) is 21.0. The van der Waals surface area contributed by atoms with E-state index in [-0.39, 0.29) is 11.8 Å². The summed E-state index contributed by atoms with van der Waals surface area (Å²) in [7, 11) is 0. The molecule has 1 aromatic rings. The second-order valence-corrected chi connectivity index (χ2v) is 9.12. The van der Waals surface area contributed by atoms with Gasteiger partial charge >= 0.3 is 0 Å². The number of aliphatic imine (C=N–C) groups is 1. The molecule has 1 unspecified atom stereocenters. The fourth-order valence-corrected chi connectivity index (χ4v) is 4.77. The topological polar surface area (TPSA) is 86.0 Å². The molecule has 4 N–H and O–H groups in total. The van der Waals surface area contributed by atoms with Crippen LogP contribution in [0.4, 0.5) is 0 Å². The highest BCUT2D eigenvalue weighted by molar-refractivity contribution is 5.79. The summed E-state index contributed by atoms with van der Waals surface area (Å²) >= 11 is 0. The van der Waals surface area contributed by atoms with Crippen LogP contribution in [0.3, 0.4) is 0 Å². The van der Waals surface area contributed by atoms with Crippen LogP contribution in [-0.4, -0.2) is 73.5 Å². The summed E-state index contributed by atoms with van der Waals surface area (Å²) in [5.74, 6) is 0.876. The van der Waals surface area contributed by atoms with Crippen LogP contribution in [0.25, 0.3) is 0 Å². The van der Waals surface area contributed by atoms with Crippen LogP contribution in [0.5, 0.6) is 0 Å². The van der Waals surface area contributed by atoms with Crippen molar-refractivity contribution in [2.75, 3.05) is 45.8 Å². The number of nitrogens with zero attached hydrogens (tertiary/aromatic N) is 3. The van der Waals surface area contributed by atoms with Gasteiger partial charge in [0.05, 0.1) is 6.54 Å². The Hall–Kier alpha value is -2.12. The highest BCUT2D eigenvalue weighted by Crippen LogP contribution is 2.20. The highest BCUT2D eigenvalue weighted by Gasteiger charge is 2.24. The first kappa shape index (κ1) is 24.5. The summed E-state index contributed by atoms with van der Waals surface area (Å²) in [6.45, 7) is 10.0. The maximum atomic E-state index is 11.3. The number of primary amides is 1. The second kappa shape index (κ2) is 13.4. The highest BCUT2D eigenvalue weighted by atomic mass is 16.1. The van der Waals surface area contributed by atoms with E-state index in [9.17, 15) is 4.79 Å². The van der Waals surface area contributed by atoms with E-state index in [1.54, 1.807) is 0 Å². The average Bonchev–Trinajstić information content (AvgIpc) is 3.25. The van der Waals surface area contributed by atoms with E-state index in [1.165, 1.54) is 18.4 Å². The number of amides is 1.